The van der Waals surface area contributed by atoms with Crippen LogP contribution in [0.3, 0.4) is 0 Å². The predicted octanol–water partition coefficient (Wildman–Crippen LogP) is 3.60. The molecule has 0 bridgehead atoms. The molecule has 3 aromatic carbocycles. The number of fused-ring (bicyclic) bond motifs is 1. The fourth-order valence-electron chi connectivity index (χ4n) is 3.37. The van der Waals surface area contributed by atoms with Gasteiger partial charge < -0.3 is 19.5 Å². The van der Waals surface area contributed by atoms with Crippen LogP contribution in [0, 0.1) is 0 Å². The molecule has 0 aliphatic carbocycles. The minimum absolute atomic E-state index is 0.0436. The fraction of sp³-hybridized carbons (Fsp3) is 0.240. The van der Waals surface area contributed by atoms with Gasteiger partial charge in [0.05, 0.1) is 11.5 Å². The zero-order valence-electron chi connectivity index (χ0n) is 18.5. The molecule has 1 amide bonds. The standard InChI is InChI=1S/C25H26N2O6S/c28-25(26-12-5-13-31-18-19-6-2-1-3-7-19)20-8-4-9-21(16-20)27-34(29,30)22-10-11-23-24(17-22)33-15-14-32-23/h1-4,6-11,16-17,27H,5,12-15,18H2,(H,26,28). The van der Waals surface area contributed by atoms with Crippen LogP contribution < -0.4 is 19.5 Å². The molecule has 0 spiro atoms. The lowest BCUT2D eigenvalue weighted by atomic mass is 10.2. The maximum Gasteiger partial charge on any atom is 0.262 e. The van der Waals surface area contributed by atoms with Crippen molar-refractivity contribution < 1.29 is 27.4 Å². The zero-order chi connectivity index (χ0) is 23.8. The molecule has 1 heterocycles. The highest BCUT2D eigenvalue weighted by Gasteiger charge is 2.20. The minimum Gasteiger partial charge on any atom is -0.486 e. The van der Waals surface area contributed by atoms with Crippen LogP contribution in [-0.2, 0) is 21.4 Å². The van der Waals surface area contributed by atoms with Gasteiger partial charge in [-0.3, -0.25) is 9.52 Å². The van der Waals surface area contributed by atoms with Crippen molar-refractivity contribution in [2.75, 3.05) is 31.1 Å². The summed E-state index contributed by atoms with van der Waals surface area (Å²) < 4.78 is 44.7. The summed E-state index contributed by atoms with van der Waals surface area (Å²) in [5.41, 5.74) is 1.74. The molecule has 2 N–H and O–H groups in total. The summed E-state index contributed by atoms with van der Waals surface area (Å²) in [5, 5.41) is 2.83. The van der Waals surface area contributed by atoms with Crippen LogP contribution in [0.2, 0.25) is 0 Å². The summed E-state index contributed by atoms with van der Waals surface area (Å²) in [6.45, 7) is 2.28. The van der Waals surface area contributed by atoms with Gasteiger partial charge in [-0.05, 0) is 42.3 Å². The van der Waals surface area contributed by atoms with Crippen molar-refractivity contribution in [3.8, 4) is 11.5 Å². The molecular formula is C25H26N2O6S. The zero-order valence-corrected chi connectivity index (χ0v) is 19.3. The Balaban J connectivity index is 1.28. The number of ether oxygens (including phenoxy) is 3. The van der Waals surface area contributed by atoms with Crippen LogP contribution in [0.4, 0.5) is 5.69 Å². The molecule has 8 nitrogen and oxygen atoms in total. The minimum atomic E-state index is -3.87. The SMILES string of the molecule is O=C(NCCCOCc1ccccc1)c1cccc(NS(=O)(=O)c2ccc3c(c2)OCCO3)c1. The number of amides is 1. The maximum atomic E-state index is 12.8. The summed E-state index contributed by atoms with van der Waals surface area (Å²) >= 11 is 0. The van der Waals surface area contributed by atoms with E-state index in [1.807, 2.05) is 30.3 Å². The average molecular weight is 483 g/mol. The first-order valence-electron chi connectivity index (χ1n) is 10.9. The van der Waals surface area contributed by atoms with Gasteiger partial charge in [-0.2, -0.15) is 0 Å². The Morgan fingerprint density at radius 2 is 1.71 bits per heavy atom. The van der Waals surface area contributed by atoms with Gasteiger partial charge in [-0.15, -0.1) is 0 Å². The number of hydrogen-bond acceptors (Lipinski definition) is 6. The molecule has 9 heteroatoms. The van der Waals surface area contributed by atoms with E-state index in [0.717, 1.165) is 5.56 Å². The van der Waals surface area contributed by atoms with Crippen LogP contribution in [0.25, 0.3) is 0 Å². The van der Waals surface area contributed by atoms with Crippen molar-refractivity contribution >= 4 is 21.6 Å². The molecule has 0 aromatic heterocycles. The lowest BCUT2D eigenvalue weighted by Crippen LogP contribution is -2.25. The summed E-state index contributed by atoms with van der Waals surface area (Å²) in [5.74, 6) is 0.604. The monoisotopic (exact) mass is 482 g/mol. The Bertz CT molecular complexity index is 1230. The van der Waals surface area contributed by atoms with E-state index in [2.05, 4.69) is 10.0 Å². The van der Waals surface area contributed by atoms with Crippen LogP contribution in [0.5, 0.6) is 11.5 Å². The largest absolute Gasteiger partial charge is 0.486 e. The number of hydrogen-bond donors (Lipinski definition) is 2. The number of anilines is 1. The third-order valence-electron chi connectivity index (χ3n) is 5.06. The predicted molar refractivity (Wildman–Crippen MR) is 128 cm³/mol. The summed E-state index contributed by atoms with van der Waals surface area (Å²) in [7, 11) is -3.87. The molecule has 3 aromatic rings. The van der Waals surface area contributed by atoms with E-state index in [1.54, 1.807) is 24.3 Å². The Hall–Kier alpha value is -3.56. The Morgan fingerprint density at radius 3 is 2.53 bits per heavy atom. The van der Waals surface area contributed by atoms with Crippen LogP contribution in [0.15, 0.2) is 77.7 Å². The molecule has 1 aliphatic heterocycles. The lowest BCUT2D eigenvalue weighted by Gasteiger charge is -2.19. The second-order valence-corrected chi connectivity index (χ2v) is 9.32. The molecular weight excluding hydrogens is 456 g/mol. The molecule has 0 saturated carbocycles. The second-order valence-electron chi connectivity index (χ2n) is 7.64. The molecule has 4 rings (SSSR count). The smallest absolute Gasteiger partial charge is 0.262 e. The number of carbonyl (C=O) groups is 1. The summed E-state index contributed by atoms with van der Waals surface area (Å²) in [6, 6.07) is 20.6. The van der Waals surface area contributed by atoms with Crippen LogP contribution >= 0.6 is 0 Å². The summed E-state index contributed by atoms with van der Waals surface area (Å²) in [4.78, 5) is 12.5. The van der Waals surface area contributed by atoms with E-state index >= 15 is 0 Å². The van der Waals surface area contributed by atoms with Gasteiger partial charge in [0, 0.05) is 30.5 Å². The lowest BCUT2D eigenvalue weighted by molar-refractivity contribution is 0.0934. The molecule has 178 valence electrons. The Labute approximate surface area is 198 Å². The van der Waals surface area contributed by atoms with E-state index in [1.165, 1.54) is 18.2 Å². The second kappa shape index (κ2) is 11.0. The molecule has 0 unspecified atom stereocenters. The fourth-order valence-corrected chi connectivity index (χ4v) is 4.44. The van der Waals surface area contributed by atoms with Crippen molar-refractivity contribution in [3.63, 3.8) is 0 Å². The molecule has 0 radical (unpaired) electrons. The quantitative estimate of drug-likeness (QED) is 0.428. The van der Waals surface area contributed by atoms with Gasteiger partial charge >= 0.3 is 0 Å². The third kappa shape index (κ3) is 6.27. The number of carbonyl (C=O) groups excluding carboxylic acids is 1. The van der Waals surface area contributed by atoms with Gasteiger partial charge in [-0.25, -0.2) is 8.42 Å². The highest BCUT2D eigenvalue weighted by atomic mass is 32.2. The van der Waals surface area contributed by atoms with Crippen molar-refractivity contribution in [2.24, 2.45) is 0 Å². The van der Waals surface area contributed by atoms with E-state index in [4.69, 9.17) is 14.2 Å². The first-order chi connectivity index (χ1) is 16.5. The van der Waals surface area contributed by atoms with Crippen molar-refractivity contribution in [1.82, 2.24) is 5.32 Å². The van der Waals surface area contributed by atoms with Gasteiger partial charge in [0.1, 0.15) is 13.2 Å². The van der Waals surface area contributed by atoms with Gasteiger partial charge in [0.2, 0.25) is 0 Å². The molecule has 1 aliphatic rings. The van der Waals surface area contributed by atoms with Gasteiger partial charge in [-0.1, -0.05) is 36.4 Å². The third-order valence-corrected chi connectivity index (χ3v) is 6.44. The van der Waals surface area contributed by atoms with Crippen molar-refractivity contribution in [1.29, 1.82) is 0 Å². The number of rotatable bonds is 10. The number of sulfonamides is 1. The van der Waals surface area contributed by atoms with Crippen molar-refractivity contribution in [3.05, 3.63) is 83.9 Å². The molecule has 0 atom stereocenters. The molecule has 0 saturated heterocycles. The van der Waals surface area contributed by atoms with Crippen LogP contribution in [-0.4, -0.2) is 40.7 Å². The highest BCUT2D eigenvalue weighted by Crippen LogP contribution is 2.32. The van der Waals surface area contributed by atoms with E-state index in [9.17, 15) is 13.2 Å². The Morgan fingerprint density at radius 1 is 0.912 bits per heavy atom. The number of benzene rings is 3. The normalized spacial score (nSPS) is 12.7. The Kier molecular flexibility index (Phi) is 7.66. The first-order valence-corrected chi connectivity index (χ1v) is 12.4. The van der Waals surface area contributed by atoms with E-state index in [-0.39, 0.29) is 16.5 Å². The summed E-state index contributed by atoms with van der Waals surface area (Å²) in [6.07, 6.45) is 0.662. The topological polar surface area (TPSA) is 103 Å². The molecule has 0 fully saturated rings. The first kappa shape index (κ1) is 23.6. The van der Waals surface area contributed by atoms with Crippen LogP contribution in [0.1, 0.15) is 22.3 Å². The van der Waals surface area contributed by atoms with E-state index in [0.29, 0.717) is 56.5 Å². The van der Waals surface area contributed by atoms with Crippen molar-refractivity contribution in [2.45, 2.75) is 17.9 Å². The number of nitrogens with one attached hydrogen (secondary N) is 2. The van der Waals surface area contributed by atoms with Gasteiger partial charge in [0.25, 0.3) is 15.9 Å². The molecule has 34 heavy (non-hydrogen) atoms. The average Bonchev–Trinajstić information content (AvgIpc) is 2.86. The van der Waals surface area contributed by atoms with Gasteiger partial charge in [0.15, 0.2) is 11.5 Å². The van der Waals surface area contributed by atoms with E-state index < -0.39 is 10.0 Å². The highest BCUT2D eigenvalue weighted by molar-refractivity contribution is 7.92. The maximum absolute atomic E-state index is 12.8.